The Morgan fingerprint density at radius 1 is 0.853 bits per heavy atom. The molecular formula is C22H41N5O6S. The minimum Gasteiger partial charge on any atom is -0.480 e. The van der Waals surface area contributed by atoms with Gasteiger partial charge in [0.2, 0.25) is 23.6 Å². The molecule has 0 heterocycles. The van der Waals surface area contributed by atoms with Crippen molar-refractivity contribution in [3.05, 3.63) is 0 Å². The van der Waals surface area contributed by atoms with E-state index in [-0.39, 0.29) is 31.1 Å². The van der Waals surface area contributed by atoms with E-state index in [1.807, 2.05) is 27.0 Å². The Hall–Kier alpha value is -2.34. The summed E-state index contributed by atoms with van der Waals surface area (Å²) >= 11 is 1.46. The Morgan fingerprint density at radius 3 is 1.82 bits per heavy atom. The van der Waals surface area contributed by atoms with Gasteiger partial charge in [0, 0.05) is 6.42 Å². The Balaban J connectivity index is 5.60. The van der Waals surface area contributed by atoms with Crippen LogP contribution in [0.5, 0.6) is 0 Å². The van der Waals surface area contributed by atoms with E-state index in [0.29, 0.717) is 18.6 Å². The number of carbonyl (C=O) groups excluding carboxylic acids is 4. The van der Waals surface area contributed by atoms with Gasteiger partial charge in [-0.25, -0.2) is 4.79 Å². The molecule has 0 radical (unpaired) electrons. The van der Waals surface area contributed by atoms with Crippen LogP contribution in [-0.2, 0) is 24.0 Å². The SMILES string of the molecule is CCC(C)C(N)C(=O)NC(CCC(N)=O)C(=O)NC(CCSC)C(=O)NC(C(=O)O)C(C)CC. The molecule has 0 aliphatic rings. The zero-order valence-electron chi connectivity index (χ0n) is 20.8. The fourth-order valence-electron chi connectivity index (χ4n) is 3.05. The van der Waals surface area contributed by atoms with E-state index in [1.54, 1.807) is 6.92 Å². The van der Waals surface area contributed by atoms with Crippen LogP contribution in [0.1, 0.15) is 59.8 Å². The molecule has 34 heavy (non-hydrogen) atoms. The average Bonchev–Trinajstić information content (AvgIpc) is 2.80. The molecule has 4 amide bonds. The van der Waals surface area contributed by atoms with Gasteiger partial charge in [-0.2, -0.15) is 11.8 Å². The van der Waals surface area contributed by atoms with E-state index in [4.69, 9.17) is 11.5 Å². The summed E-state index contributed by atoms with van der Waals surface area (Å²) in [4.78, 5) is 61.3. The average molecular weight is 504 g/mol. The highest BCUT2D eigenvalue weighted by Crippen LogP contribution is 2.11. The number of primary amides is 1. The maximum atomic E-state index is 13.0. The molecule has 8 N–H and O–H groups in total. The summed E-state index contributed by atoms with van der Waals surface area (Å²) in [7, 11) is 0. The highest BCUT2D eigenvalue weighted by atomic mass is 32.2. The number of carboxylic acid groups (broad SMARTS) is 1. The minimum absolute atomic E-state index is 0.0678. The van der Waals surface area contributed by atoms with Crippen LogP contribution in [0.25, 0.3) is 0 Å². The predicted molar refractivity (Wildman–Crippen MR) is 132 cm³/mol. The van der Waals surface area contributed by atoms with Crippen molar-refractivity contribution in [1.29, 1.82) is 0 Å². The first kappa shape index (κ1) is 31.7. The summed E-state index contributed by atoms with van der Waals surface area (Å²) in [6.45, 7) is 7.22. The molecule has 0 bridgehead atoms. The normalized spacial score (nSPS) is 16.3. The predicted octanol–water partition coefficient (Wildman–Crippen LogP) is -0.0365. The van der Waals surface area contributed by atoms with E-state index >= 15 is 0 Å². The minimum atomic E-state index is -1.16. The molecule has 0 aromatic carbocycles. The molecule has 0 aliphatic heterocycles. The molecule has 0 aromatic heterocycles. The Kier molecular flexibility index (Phi) is 15.2. The monoisotopic (exact) mass is 503 g/mol. The van der Waals surface area contributed by atoms with E-state index in [0.717, 1.165) is 0 Å². The molecule has 0 fully saturated rings. The third kappa shape index (κ3) is 11.2. The number of amides is 4. The van der Waals surface area contributed by atoms with E-state index < -0.39 is 53.8 Å². The maximum Gasteiger partial charge on any atom is 0.326 e. The number of nitrogens with two attached hydrogens (primary N) is 2. The molecule has 0 saturated heterocycles. The first-order valence-electron chi connectivity index (χ1n) is 11.6. The van der Waals surface area contributed by atoms with E-state index in [9.17, 15) is 29.1 Å². The Morgan fingerprint density at radius 2 is 1.35 bits per heavy atom. The van der Waals surface area contributed by atoms with Gasteiger partial charge in [0.1, 0.15) is 18.1 Å². The van der Waals surface area contributed by atoms with Crippen molar-refractivity contribution in [3.63, 3.8) is 0 Å². The molecule has 11 nitrogen and oxygen atoms in total. The summed E-state index contributed by atoms with van der Waals surface area (Å²) in [5.41, 5.74) is 11.2. The second kappa shape index (κ2) is 16.3. The lowest BCUT2D eigenvalue weighted by atomic mass is 9.98. The first-order valence-corrected chi connectivity index (χ1v) is 12.9. The third-order valence-corrected chi connectivity index (χ3v) is 6.54. The van der Waals surface area contributed by atoms with Gasteiger partial charge in [-0.1, -0.05) is 40.5 Å². The molecule has 6 atom stereocenters. The van der Waals surface area contributed by atoms with Crippen molar-refractivity contribution >= 4 is 41.4 Å². The summed E-state index contributed by atoms with van der Waals surface area (Å²) in [5.74, 6) is -3.59. The van der Waals surface area contributed by atoms with Crippen molar-refractivity contribution in [2.75, 3.05) is 12.0 Å². The molecule has 12 heteroatoms. The van der Waals surface area contributed by atoms with Gasteiger partial charge in [-0.15, -0.1) is 0 Å². The molecule has 6 unspecified atom stereocenters. The van der Waals surface area contributed by atoms with Crippen molar-refractivity contribution in [2.24, 2.45) is 23.3 Å². The Bertz CT molecular complexity index is 707. The number of hydrogen-bond acceptors (Lipinski definition) is 7. The van der Waals surface area contributed by atoms with Crippen LogP contribution in [-0.4, -0.2) is 70.9 Å². The quantitative estimate of drug-likeness (QED) is 0.159. The van der Waals surface area contributed by atoms with Crippen LogP contribution < -0.4 is 27.4 Å². The summed E-state index contributed by atoms with van der Waals surface area (Å²) in [6, 6.07) is -4.12. The highest BCUT2D eigenvalue weighted by Gasteiger charge is 2.32. The molecule has 0 aliphatic carbocycles. The van der Waals surface area contributed by atoms with Crippen LogP contribution >= 0.6 is 11.8 Å². The first-order chi connectivity index (χ1) is 15.9. The van der Waals surface area contributed by atoms with Gasteiger partial charge >= 0.3 is 5.97 Å². The smallest absolute Gasteiger partial charge is 0.326 e. The van der Waals surface area contributed by atoms with Gasteiger partial charge in [0.15, 0.2) is 0 Å². The summed E-state index contributed by atoms with van der Waals surface area (Å²) in [5, 5.41) is 17.1. The number of carbonyl (C=O) groups is 5. The fraction of sp³-hybridized carbons (Fsp3) is 0.773. The van der Waals surface area contributed by atoms with Crippen molar-refractivity contribution in [1.82, 2.24) is 16.0 Å². The van der Waals surface area contributed by atoms with E-state index in [2.05, 4.69) is 16.0 Å². The van der Waals surface area contributed by atoms with Crippen LogP contribution in [0.2, 0.25) is 0 Å². The van der Waals surface area contributed by atoms with Gasteiger partial charge in [-0.3, -0.25) is 19.2 Å². The zero-order chi connectivity index (χ0) is 26.4. The number of thioether (sulfide) groups is 1. The second-order valence-electron chi connectivity index (χ2n) is 8.53. The summed E-state index contributed by atoms with van der Waals surface area (Å²) in [6.07, 6.45) is 3.05. The maximum absolute atomic E-state index is 13.0. The molecule has 0 rings (SSSR count). The lowest BCUT2D eigenvalue weighted by Gasteiger charge is -2.27. The van der Waals surface area contributed by atoms with Gasteiger partial charge in [0.25, 0.3) is 0 Å². The second-order valence-corrected chi connectivity index (χ2v) is 9.52. The number of rotatable bonds is 17. The summed E-state index contributed by atoms with van der Waals surface area (Å²) < 4.78 is 0. The molecule has 196 valence electrons. The highest BCUT2D eigenvalue weighted by molar-refractivity contribution is 7.98. The molecule has 0 saturated carbocycles. The van der Waals surface area contributed by atoms with Crippen LogP contribution in [0.15, 0.2) is 0 Å². The number of carboxylic acids is 1. The zero-order valence-corrected chi connectivity index (χ0v) is 21.6. The van der Waals surface area contributed by atoms with Crippen LogP contribution in [0.4, 0.5) is 0 Å². The standard InChI is InChI=1S/C22H41N5O6S/c1-6-12(3)17(24)21(31)26-14(8-9-16(23)28)19(29)25-15(10-11-34-5)20(30)27-18(22(32)33)13(4)7-2/h12-15,17-18H,6-11,24H2,1-5H3,(H2,23,28)(H,25,29)(H,26,31)(H,27,30)(H,32,33). The number of nitrogens with one attached hydrogen (secondary N) is 3. The van der Waals surface area contributed by atoms with Crippen LogP contribution in [0.3, 0.4) is 0 Å². The molecule has 0 spiro atoms. The van der Waals surface area contributed by atoms with Crippen LogP contribution in [0, 0.1) is 11.8 Å². The lowest BCUT2D eigenvalue weighted by molar-refractivity contribution is -0.143. The van der Waals surface area contributed by atoms with Gasteiger partial charge in [0.05, 0.1) is 6.04 Å². The topological polar surface area (TPSA) is 194 Å². The van der Waals surface area contributed by atoms with Crippen molar-refractivity contribution in [3.8, 4) is 0 Å². The van der Waals surface area contributed by atoms with Crippen molar-refractivity contribution < 1.29 is 29.1 Å². The number of aliphatic carboxylic acids is 1. The Labute approximate surface area is 205 Å². The molecular weight excluding hydrogens is 462 g/mol. The number of hydrogen-bond donors (Lipinski definition) is 6. The lowest BCUT2D eigenvalue weighted by Crippen LogP contribution is -2.58. The van der Waals surface area contributed by atoms with Gasteiger partial charge in [-0.05, 0) is 36.7 Å². The molecule has 0 aromatic rings. The fourth-order valence-corrected chi connectivity index (χ4v) is 3.52. The largest absolute Gasteiger partial charge is 0.480 e. The third-order valence-electron chi connectivity index (χ3n) is 5.89. The van der Waals surface area contributed by atoms with Gasteiger partial charge < -0.3 is 32.5 Å². The van der Waals surface area contributed by atoms with Crippen molar-refractivity contribution in [2.45, 2.75) is 84.0 Å². The van der Waals surface area contributed by atoms with E-state index in [1.165, 1.54) is 11.8 Å².